The summed E-state index contributed by atoms with van der Waals surface area (Å²) in [4.78, 5) is 97.7. The second-order valence-electron chi connectivity index (χ2n) is 15.4. The van der Waals surface area contributed by atoms with Crippen LogP contribution in [-0.2, 0) is 85.7 Å². The van der Waals surface area contributed by atoms with Crippen LogP contribution in [0.15, 0.2) is 75.9 Å². The Morgan fingerprint density at radius 2 is 0.508 bits per heavy atom. The van der Waals surface area contributed by atoms with Gasteiger partial charge in [-0.2, -0.15) is 0 Å². The zero-order chi connectivity index (χ0) is 49.4. The molecule has 0 amide bonds. The quantitative estimate of drug-likeness (QED) is 0.0438. The maximum atomic E-state index is 13.0. The molecule has 0 radical (unpaired) electrons. The lowest BCUT2D eigenvalue weighted by molar-refractivity contribution is -0.161. The fourth-order valence-corrected chi connectivity index (χ4v) is 5.38. The van der Waals surface area contributed by atoms with Gasteiger partial charge in [0.2, 0.25) is 0 Å². The minimum absolute atomic E-state index is 0.0393. The van der Waals surface area contributed by atoms with E-state index in [1.54, 1.807) is 27.7 Å². The second-order valence-corrected chi connectivity index (χ2v) is 15.4. The molecule has 0 aliphatic heterocycles. The molecule has 0 spiro atoms. The molecular weight excluding hydrogens is 852 g/mol. The Balaban J connectivity index is 5.81. The lowest BCUT2D eigenvalue weighted by atomic mass is 9.86. The predicted molar refractivity (Wildman–Crippen MR) is 235 cm³/mol. The van der Waals surface area contributed by atoms with Gasteiger partial charge in [0.15, 0.2) is 0 Å². The first-order valence-electron chi connectivity index (χ1n) is 21.1. The van der Waals surface area contributed by atoms with Crippen LogP contribution in [0.3, 0.4) is 0 Å². The highest BCUT2D eigenvalue weighted by Crippen LogP contribution is 2.31. The molecule has 0 aromatic rings. The van der Waals surface area contributed by atoms with E-state index < -0.39 is 69.4 Å². The van der Waals surface area contributed by atoms with Crippen LogP contribution in [0.2, 0.25) is 0 Å². The maximum Gasteiger partial charge on any atom is 0.330 e. The van der Waals surface area contributed by atoms with Gasteiger partial charge in [0.1, 0.15) is 52.9 Å². The zero-order valence-corrected chi connectivity index (χ0v) is 38.5. The first-order chi connectivity index (χ1) is 30.9. The Labute approximate surface area is 382 Å². The number of carbonyl (C=O) groups is 8. The highest BCUT2D eigenvalue weighted by Gasteiger charge is 2.38. The Bertz CT molecular complexity index is 1480. The molecule has 0 aliphatic rings. The lowest BCUT2D eigenvalue weighted by Crippen LogP contribution is -2.42. The molecule has 18 heteroatoms. The van der Waals surface area contributed by atoms with Crippen molar-refractivity contribution in [1.29, 1.82) is 0 Å². The van der Waals surface area contributed by atoms with Gasteiger partial charge in [-0.15, -0.1) is 0 Å². The molecule has 0 aromatic carbocycles. The van der Waals surface area contributed by atoms with Gasteiger partial charge >= 0.3 is 47.8 Å². The summed E-state index contributed by atoms with van der Waals surface area (Å²) in [7, 11) is 0. The minimum atomic E-state index is -1.05. The van der Waals surface area contributed by atoms with Crippen molar-refractivity contribution in [3.8, 4) is 0 Å². The molecule has 2 atom stereocenters. The summed E-state index contributed by atoms with van der Waals surface area (Å²) in [6, 6.07) is 0. The van der Waals surface area contributed by atoms with Crippen molar-refractivity contribution in [3.63, 3.8) is 0 Å². The second kappa shape index (κ2) is 31.9. The van der Waals surface area contributed by atoms with Crippen molar-refractivity contribution >= 4 is 47.8 Å². The smallest absolute Gasteiger partial charge is 0.330 e. The molecule has 0 N–H and O–H groups in total. The number of esters is 8. The largest absolute Gasteiger partial charge is 0.465 e. The van der Waals surface area contributed by atoms with Gasteiger partial charge in [-0.1, -0.05) is 67.2 Å². The van der Waals surface area contributed by atoms with Crippen LogP contribution >= 0.6 is 0 Å². The Morgan fingerprint density at radius 3 is 0.677 bits per heavy atom. The first kappa shape index (κ1) is 59.1. The molecule has 0 rings (SSSR count). The van der Waals surface area contributed by atoms with Crippen LogP contribution < -0.4 is 0 Å². The third kappa shape index (κ3) is 23.6. The van der Waals surface area contributed by atoms with E-state index in [0.717, 1.165) is 36.5 Å². The molecule has 0 fully saturated rings. The van der Waals surface area contributed by atoms with Gasteiger partial charge in [0.05, 0.1) is 48.1 Å². The molecular formula is C47H68O18. The van der Waals surface area contributed by atoms with Crippen molar-refractivity contribution in [2.24, 2.45) is 21.7 Å². The fraction of sp³-hybridized carbons (Fsp3) is 0.574. The summed E-state index contributed by atoms with van der Waals surface area (Å²) in [6.07, 6.45) is 6.94. The van der Waals surface area contributed by atoms with Crippen molar-refractivity contribution in [1.82, 2.24) is 0 Å². The fourth-order valence-electron chi connectivity index (χ4n) is 5.38. The summed E-state index contributed by atoms with van der Waals surface area (Å²) in [5.74, 6) is -5.50. The van der Waals surface area contributed by atoms with Gasteiger partial charge < -0.3 is 47.4 Å². The van der Waals surface area contributed by atoms with Crippen LogP contribution in [0, 0.1) is 21.7 Å². The summed E-state index contributed by atoms with van der Waals surface area (Å²) >= 11 is 0. The molecule has 0 aliphatic carbocycles. The monoisotopic (exact) mass is 920 g/mol. The topological polar surface area (TPSA) is 229 Å². The van der Waals surface area contributed by atoms with E-state index in [9.17, 15) is 38.4 Å². The Kier molecular flexibility index (Phi) is 29.0. The minimum Gasteiger partial charge on any atom is -0.465 e. The van der Waals surface area contributed by atoms with Crippen molar-refractivity contribution in [3.05, 3.63) is 75.9 Å². The van der Waals surface area contributed by atoms with Gasteiger partial charge in [-0.05, 0) is 32.1 Å². The molecule has 18 nitrogen and oxygen atoms in total. The van der Waals surface area contributed by atoms with Crippen molar-refractivity contribution in [2.45, 2.75) is 72.6 Å². The molecule has 0 heterocycles. The van der Waals surface area contributed by atoms with Crippen molar-refractivity contribution in [2.75, 3.05) is 79.3 Å². The summed E-state index contributed by atoms with van der Waals surface area (Å²) in [6.45, 7) is 25.5. The number of hydrogen-bond acceptors (Lipinski definition) is 18. The van der Waals surface area contributed by atoms with Crippen LogP contribution in [0.1, 0.15) is 72.6 Å². The molecule has 0 saturated heterocycles. The van der Waals surface area contributed by atoms with Crippen LogP contribution in [0.25, 0.3) is 0 Å². The Hall–Kier alpha value is -5.88. The van der Waals surface area contributed by atoms with Crippen LogP contribution in [0.4, 0.5) is 0 Å². The SMILES string of the molecule is C=CC(=O)OCC(CC)(COCC(CC)(COC(=O)C=C)COC(=O)CCCC(=O)OCC(CC)(COCC(CC)(COC(=O)C=C)COC(=O)C=C)COC(=O)C=C)COC(=O)C=C. The highest BCUT2D eigenvalue weighted by molar-refractivity contribution is 5.83. The third-order valence-electron chi connectivity index (χ3n) is 10.6. The Morgan fingerprint density at radius 1 is 0.323 bits per heavy atom. The maximum absolute atomic E-state index is 13.0. The van der Waals surface area contributed by atoms with Gasteiger partial charge in [0.25, 0.3) is 0 Å². The average Bonchev–Trinajstić information content (AvgIpc) is 3.33. The molecule has 2 unspecified atom stereocenters. The molecule has 0 saturated carbocycles. The average molecular weight is 921 g/mol. The molecule has 0 aromatic heterocycles. The predicted octanol–water partition coefficient (Wildman–Crippen LogP) is 5.24. The lowest BCUT2D eigenvalue weighted by Gasteiger charge is -2.35. The highest BCUT2D eigenvalue weighted by atomic mass is 16.6. The summed E-state index contributed by atoms with van der Waals surface area (Å²) in [5.41, 5.74) is -4.06. The van der Waals surface area contributed by atoms with Crippen molar-refractivity contribution < 1.29 is 85.7 Å². The molecule has 0 bridgehead atoms. The number of ether oxygens (including phenoxy) is 10. The first-order valence-corrected chi connectivity index (χ1v) is 21.1. The zero-order valence-electron chi connectivity index (χ0n) is 38.5. The van der Waals surface area contributed by atoms with E-state index in [0.29, 0.717) is 25.7 Å². The number of carbonyl (C=O) groups excluding carboxylic acids is 8. The summed E-state index contributed by atoms with van der Waals surface area (Å²) in [5, 5.41) is 0. The number of rotatable bonds is 38. The molecule has 364 valence electrons. The van der Waals surface area contributed by atoms with E-state index in [2.05, 4.69) is 39.5 Å². The third-order valence-corrected chi connectivity index (χ3v) is 10.6. The van der Waals surface area contributed by atoms with E-state index in [1.165, 1.54) is 0 Å². The van der Waals surface area contributed by atoms with Gasteiger partial charge in [0, 0.05) is 49.3 Å². The van der Waals surface area contributed by atoms with Crippen LogP contribution in [-0.4, -0.2) is 127 Å². The van der Waals surface area contributed by atoms with Crippen LogP contribution in [0.5, 0.6) is 0 Å². The van der Waals surface area contributed by atoms with E-state index in [1.807, 2.05) is 0 Å². The normalized spacial score (nSPS) is 12.9. The molecule has 65 heavy (non-hydrogen) atoms. The number of hydrogen-bond donors (Lipinski definition) is 0. The van der Waals surface area contributed by atoms with Gasteiger partial charge in [-0.25, -0.2) is 28.8 Å². The summed E-state index contributed by atoms with van der Waals surface area (Å²) < 4.78 is 55.2. The van der Waals surface area contributed by atoms with Gasteiger partial charge in [-0.3, -0.25) is 9.59 Å². The van der Waals surface area contributed by atoms with E-state index >= 15 is 0 Å². The standard InChI is InChI=1S/C47H68O18/c1-11-36(48)58-28-44(17-7,29-59-37(49)12-2)24-56-26-46(19-9,32-62-40(52)15-5)34-64-42(54)22-21-23-43(55)65-35-47(20-10,33-63-41(53)16-6)27-57-25-45(18-8,30-60-38(50)13-3)31-61-39(51)14-4/h11-16H,1-6,17-35H2,7-10H3. The van der Waals surface area contributed by atoms with E-state index in [4.69, 9.17) is 47.4 Å². The van der Waals surface area contributed by atoms with E-state index in [-0.39, 0.29) is 98.5 Å².